The molecule has 0 spiro atoms. The maximum Gasteiger partial charge on any atom is 0.0747 e. The number of aliphatic hydroxyl groups is 1. The van der Waals surface area contributed by atoms with Crippen molar-refractivity contribution in [3.05, 3.63) is 12.2 Å². The van der Waals surface area contributed by atoms with Crippen molar-refractivity contribution >= 4 is 0 Å². The van der Waals surface area contributed by atoms with E-state index in [4.69, 9.17) is 0 Å². The lowest BCUT2D eigenvalue weighted by molar-refractivity contribution is 0.153. The molecule has 0 aliphatic heterocycles. The minimum atomic E-state index is -0.214. The molecular formula is C11H20O. The monoisotopic (exact) mass is 168 g/mol. The lowest BCUT2D eigenvalue weighted by Gasteiger charge is -2.28. The van der Waals surface area contributed by atoms with Gasteiger partial charge >= 0.3 is 0 Å². The fraction of sp³-hybridized carbons (Fsp3) is 0.818. The summed E-state index contributed by atoms with van der Waals surface area (Å²) in [5.41, 5.74) is 1.05. The third kappa shape index (κ3) is 2.63. The third-order valence-corrected chi connectivity index (χ3v) is 2.68. The van der Waals surface area contributed by atoms with Crippen molar-refractivity contribution in [3.63, 3.8) is 0 Å². The Balaban J connectivity index is 2.35. The molecule has 1 nitrogen and oxygen atoms in total. The van der Waals surface area contributed by atoms with Gasteiger partial charge in [0.1, 0.15) is 0 Å². The van der Waals surface area contributed by atoms with E-state index in [1.165, 1.54) is 12.8 Å². The molecule has 1 heteroatoms. The Morgan fingerprint density at radius 1 is 1.50 bits per heavy atom. The van der Waals surface area contributed by atoms with Gasteiger partial charge in [-0.1, -0.05) is 20.4 Å². The second-order valence-corrected chi connectivity index (χ2v) is 4.45. The van der Waals surface area contributed by atoms with Gasteiger partial charge in [0, 0.05) is 0 Å². The van der Waals surface area contributed by atoms with Crippen LogP contribution in [0.4, 0.5) is 0 Å². The first kappa shape index (κ1) is 9.79. The summed E-state index contributed by atoms with van der Waals surface area (Å²) in [5.74, 6) is 1.55. The highest BCUT2D eigenvalue weighted by Gasteiger charge is 2.22. The van der Waals surface area contributed by atoms with Gasteiger partial charge in [-0.25, -0.2) is 0 Å². The largest absolute Gasteiger partial charge is 0.389 e. The average Bonchev–Trinajstić information content (AvgIpc) is 1.96. The molecule has 12 heavy (non-hydrogen) atoms. The zero-order chi connectivity index (χ0) is 9.14. The van der Waals surface area contributed by atoms with E-state index in [0.29, 0.717) is 0 Å². The smallest absolute Gasteiger partial charge is 0.0747 e. The lowest BCUT2D eigenvalue weighted by Crippen LogP contribution is -2.21. The van der Waals surface area contributed by atoms with Gasteiger partial charge in [0.2, 0.25) is 0 Å². The van der Waals surface area contributed by atoms with Crippen LogP contribution in [0.3, 0.4) is 0 Å². The Bertz CT molecular complexity index is 160. The molecule has 1 fully saturated rings. The Morgan fingerprint density at radius 3 is 2.67 bits per heavy atom. The zero-order valence-corrected chi connectivity index (χ0v) is 8.21. The van der Waals surface area contributed by atoms with Crippen LogP contribution in [0.15, 0.2) is 12.2 Å². The first-order valence-electron chi connectivity index (χ1n) is 4.95. The number of rotatable bonds is 2. The molecule has 0 aromatic carbocycles. The van der Waals surface area contributed by atoms with Crippen LogP contribution in [0.5, 0.6) is 0 Å². The molecule has 1 aliphatic rings. The van der Waals surface area contributed by atoms with Gasteiger partial charge in [-0.2, -0.15) is 0 Å². The van der Waals surface area contributed by atoms with Crippen molar-refractivity contribution in [1.29, 1.82) is 0 Å². The normalized spacial score (nSPS) is 31.2. The molecule has 1 rings (SSSR count). The predicted octanol–water partition coefficient (Wildman–Crippen LogP) is 2.75. The maximum absolute atomic E-state index is 9.43. The molecule has 1 N–H and O–H groups in total. The van der Waals surface area contributed by atoms with Crippen LogP contribution in [0.2, 0.25) is 0 Å². The van der Waals surface area contributed by atoms with Crippen LogP contribution in [-0.4, -0.2) is 11.2 Å². The lowest BCUT2D eigenvalue weighted by atomic mass is 9.80. The Labute approximate surface area is 75.5 Å². The molecule has 1 aliphatic carbocycles. The van der Waals surface area contributed by atoms with E-state index in [-0.39, 0.29) is 6.10 Å². The van der Waals surface area contributed by atoms with E-state index < -0.39 is 0 Å². The molecular weight excluding hydrogens is 148 g/mol. The molecule has 0 saturated heterocycles. The summed E-state index contributed by atoms with van der Waals surface area (Å²) in [6, 6.07) is 0. The van der Waals surface area contributed by atoms with Crippen molar-refractivity contribution in [2.45, 2.75) is 45.6 Å². The van der Waals surface area contributed by atoms with Crippen LogP contribution in [0.25, 0.3) is 0 Å². The van der Waals surface area contributed by atoms with Crippen molar-refractivity contribution in [1.82, 2.24) is 0 Å². The van der Waals surface area contributed by atoms with Gasteiger partial charge in [0.15, 0.2) is 0 Å². The van der Waals surface area contributed by atoms with Crippen LogP contribution in [0.1, 0.15) is 39.5 Å². The van der Waals surface area contributed by atoms with Gasteiger partial charge < -0.3 is 5.11 Å². The van der Waals surface area contributed by atoms with Crippen molar-refractivity contribution in [2.24, 2.45) is 11.8 Å². The minimum Gasteiger partial charge on any atom is -0.389 e. The second kappa shape index (κ2) is 4.08. The molecule has 0 aromatic rings. The first-order chi connectivity index (χ1) is 5.59. The van der Waals surface area contributed by atoms with Gasteiger partial charge in [-0.15, -0.1) is 0 Å². The Morgan fingerprint density at radius 2 is 2.17 bits per heavy atom. The summed E-state index contributed by atoms with van der Waals surface area (Å²) < 4.78 is 0. The second-order valence-electron chi connectivity index (χ2n) is 4.45. The fourth-order valence-electron chi connectivity index (χ4n) is 2.07. The molecule has 2 unspecified atom stereocenters. The average molecular weight is 168 g/mol. The standard InChI is InChI=1S/C11H20O/c1-8(2)6-10-4-5-11(12)9(3)7-10/h8,10-12H,3-7H2,1-2H3. The van der Waals surface area contributed by atoms with E-state index in [9.17, 15) is 5.11 Å². The Hall–Kier alpha value is -0.300. The topological polar surface area (TPSA) is 20.2 Å². The summed E-state index contributed by atoms with van der Waals surface area (Å²) >= 11 is 0. The number of aliphatic hydroxyl groups excluding tert-OH is 1. The van der Waals surface area contributed by atoms with E-state index in [1.807, 2.05) is 0 Å². The highest BCUT2D eigenvalue weighted by molar-refractivity contribution is 5.06. The van der Waals surface area contributed by atoms with Gasteiger partial charge in [0.25, 0.3) is 0 Å². The summed E-state index contributed by atoms with van der Waals surface area (Å²) in [4.78, 5) is 0. The summed E-state index contributed by atoms with van der Waals surface area (Å²) in [6.45, 7) is 8.42. The summed E-state index contributed by atoms with van der Waals surface area (Å²) in [7, 11) is 0. The molecule has 0 aromatic heterocycles. The Kier molecular flexibility index (Phi) is 3.33. The SMILES string of the molecule is C=C1CC(CC(C)C)CCC1O. The summed E-state index contributed by atoms with van der Waals surface area (Å²) in [6.07, 6.45) is 4.22. The van der Waals surface area contributed by atoms with E-state index in [2.05, 4.69) is 20.4 Å². The fourth-order valence-corrected chi connectivity index (χ4v) is 2.07. The first-order valence-corrected chi connectivity index (χ1v) is 4.95. The van der Waals surface area contributed by atoms with Crippen molar-refractivity contribution in [2.75, 3.05) is 0 Å². The van der Waals surface area contributed by atoms with E-state index >= 15 is 0 Å². The van der Waals surface area contributed by atoms with Crippen molar-refractivity contribution in [3.8, 4) is 0 Å². The molecule has 0 radical (unpaired) electrons. The third-order valence-electron chi connectivity index (χ3n) is 2.68. The van der Waals surface area contributed by atoms with Crippen LogP contribution >= 0.6 is 0 Å². The quantitative estimate of drug-likeness (QED) is 0.629. The minimum absolute atomic E-state index is 0.214. The number of hydrogen-bond donors (Lipinski definition) is 1. The number of hydrogen-bond acceptors (Lipinski definition) is 1. The molecule has 70 valence electrons. The molecule has 0 amide bonds. The highest BCUT2D eigenvalue weighted by Crippen LogP contribution is 2.31. The van der Waals surface area contributed by atoms with E-state index in [0.717, 1.165) is 30.3 Å². The molecule has 0 heterocycles. The summed E-state index contributed by atoms with van der Waals surface area (Å²) in [5, 5.41) is 9.43. The van der Waals surface area contributed by atoms with Crippen LogP contribution < -0.4 is 0 Å². The maximum atomic E-state index is 9.43. The zero-order valence-electron chi connectivity index (χ0n) is 8.21. The molecule has 0 bridgehead atoms. The van der Waals surface area contributed by atoms with Crippen LogP contribution in [-0.2, 0) is 0 Å². The van der Waals surface area contributed by atoms with Gasteiger partial charge in [0.05, 0.1) is 6.10 Å². The van der Waals surface area contributed by atoms with E-state index in [1.54, 1.807) is 0 Å². The van der Waals surface area contributed by atoms with Crippen molar-refractivity contribution < 1.29 is 5.11 Å². The van der Waals surface area contributed by atoms with Gasteiger partial charge in [-0.3, -0.25) is 0 Å². The molecule has 2 atom stereocenters. The van der Waals surface area contributed by atoms with Gasteiger partial charge in [-0.05, 0) is 43.1 Å². The highest BCUT2D eigenvalue weighted by atomic mass is 16.3. The molecule has 1 saturated carbocycles. The predicted molar refractivity (Wildman–Crippen MR) is 51.9 cm³/mol. The van der Waals surface area contributed by atoms with Crippen LogP contribution in [0, 0.1) is 11.8 Å².